The first-order chi connectivity index (χ1) is 10.1. The van der Waals surface area contributed by atoms with Gasteiger partial charge in [0, 0.05) is 6.04 Å². The molecule has 110 valence electrons. The molecular formula is C16H16F2N2O. The number of benzene rings is 2. The molecular weight excluding hydrogens is 274 g/mol. The summed E-state index contributed by atoms with van der Waals surface area (Å²) in [5.41, 5.74) is 0.886. The zero-order valence-corrected chi connectivity index (χ0v) is 11.6. The minimum atomic E-state index is -0.482. The molecule has 0 unspecified atom stereocenters. The quantitative estimate of drug-likeness (QED) is 0.887. The molecule has 21 heavy (non-hydrogen) atoms. The molecule has 1 amide bonds. The number of para-hydroxylation sites is 1. The first-order valence-corrected chi connectivity index (χ1v) is 6.59. The lowest BCUT2D eigenvalue weighted by atomic mass is 10.1. The summed E-state index contributed by atoms with van der Waals surface area (Å²) in [6.07, 6.45) is 0. The van der Waals surface area contributed by atoms with Crippen LogP contribution in [-0.4, -0.2) is 12.5 Å². The molecule has 3 nitrogen and oxygen atoms in total. The van der Waals surface area contributed by atoms with Crippen LogP contribution in [0.15, 0.2) is 48.5 Å². The predicted molar refractivity (Wildman–Crippen MR) is 77.8 cm³/mol. The number of amides is 1. The van der Waals surface area contributed by atoms with Crippen molar-refractivity contribution >= 4 is 11.6 Å². The summed E-state index contributed by atoms with van der Waals surface area (Å²) >= 11 is 0. The smallest absolute Gasteiger partial charge is 0.238 e. The van der Waals surface area contributed by atoms with E-state index in [1.165, 1.54) is 24.3 Å². The molecule has 0 heterocycles. The fourth-order valence-electron chi connectivity index (χ4n) is 1.90. The predicted octanol–water partition coefficient (Wildman–Crippen LogP) is 3.25. The van der Waals surface area contributed by atoms with E-state index in [4.69, 9.17) is 0 Å². The average molecular weight is 290 g/mol. The molecule has 1 atom stereocenters. The van der Waals surface area contributed by atoms with Gasteiger partial charge in [-0.1, -0.05) is 24.3 Å². The number of nitrogens with one attached hydrogen (secondary N) is 2. The normalized spacial score (nSPS) is 12.0. The van der Waals surface area contributed by atoms with Crippen molar-refractivity contribution in [3.63, 3.8) is 0 Å². The zero-order valence-electron chi connectivity index (χ0n) is 11.6. The molecule has 0 bridgehead atoms. The molecule has 0 aliphatic rings. The van der Waals surface area contributed by atoms with E-state index in [1.807, 2.05) is 6.92 Å². The van der Waals surface area contributed by atoms with E-state index in [1.54, 1.807) is 24.3 Å². The number of rotatable bonds is 5. The summed E-state index contributed by atoms with van der Waals surface area (Å²) in [5.74, 6) is -1.16. The molecule has 0 saturated heterocycles. The monoisotopic (exact) mass is 290 g/mol. The van der Waals surface area contributed by atoms with Crippen molar-refractivity contribution in [2.24, 2.45) is 0 Å². The Hall–Kier alpha value is -2.27. The molecule has 0 aromatic heterocycles. The van der Waals surface area contributed by atoms with Gasteiger partial charge in [-0.3, -0.25) is 4.79 Å². The summed E-state index contributed by atoms with van der Waals surface area (Å²) in [7, 11) is 0. The molecule has 2 N–H and O–H groups in total. The summed E-state index contributed by atoms with van der Waals surface area (Å²) in [4.78, 5) is 11.8. The largest absolute Gasteiger partial charge is 0.322 e. The van der Waals surface area contributed by atoms with E-state index in [0.717, 1.165) is 5.56 Å². The van der Waals surface area contributed by atoms with Gasteiger partial charge < -0.3 is 10.6 Å². The van der Waals surface area contributed by atoms with Gasteiger partial charge >= 0.3 is 0 Å². The van der Waals surface area contributed by atoms with Crippen LogP contribution in [0.2, 0.25) is 0 Å². The molecule has 0 spiro atoms. The van der Waals surface area contributed by atoms with Crippen LogP contribution in [-0.2, 0) is 4.79 Å². The highest BCUT2D eigenvalue weighted by Crippen LogP contribution is 2.14. The summed E-state index contributed by atoms with van der Waals surface area (Å²) in [6, 6.07) is 11.9. The Morgan fingerprint density at radius 1 is 1.14 bits per heavy atom. The maximum Gasteiger partial charge on any atom is 0.238 e. The second-order valence-electron chi connectivity index (χ2n) is 4.69. The highest BCUT2D eigenvalue weighted by atomic mass is 19.1. The maximum atomic E-state index is 13.4. The van der Waals surface area contributed by atoms with Crippen LogP contribution in [0.3, 0.4) is 0 Å². The van der Waals surface area contributed by atoms with Crippen molar-refractivity contribution in [3.8, 4) is 0 Å². The minimum Gasteiger partial charge on any atom is -0.322 e. The number of hydrogen-bond donors (Lipinski definition) is 2. The molecule has 2 aromatic carbocycles. The Bertz CT molecular complexity index is 631. The molecule has 5 heteroatoms. The van der Waals surface area contributed by atoms with E-state index >= 15 is 0 Å². The van der Waals surface area contributed by atoms with Crippen LogP contribution in [0.25, 0.3) is 0 Å². The van der Waals surface area contributed by atoms with Gasteiger partial charge in [0.2, 0.25) is 5.91 Å². The second kappa shape index (κ2) is 6.95. The van der Waals surface area contributed by atoms with E-state index in [2.05, 4.69) is 10.6 Å². The van der Waals surface area contributed by atoms with E-state index in [9.17, 15) is 13.6 Å². The van der Waals surface area contributed by atoms with Gasteiger partial charge in [-0.15, -0.1) is 0 Å². The average Bonchev–Trinajstić information content (AvgIpc) is 2.47. The molecule has 2 rings (SSSR count). The summed E-state index contributed by atoms with van der Waals surface area (Å²) in [6.45, 7) is 1.83. The Morgan fingerprint density at radius 2 is 1.90 bits per heavy atom. The molecule has 2 aromatic rings. The number of hydrogen-bond acceptors (Lipinski definition) is 2. The Balaban J connectivity index is 1.88. The number of carbonyl (C=O) groups excluding carboxylic acids is 1. The topological polar surface area (TPSA) is 41.1 Å². The summed E-state index contributed by atoms with van der Waals surface area (Å²) in [5, 5.41) is 5.44. The maximum absolute atomic E-state index is 13.4. The van der Waals surface area contributed by atoms with Gasteiger partial charge in [0.05, 0.1) is 12.2 Å². The first-order valence-electron chi connectivity index (χ1n) is 6.59. The lowest BCUT2D eigenvalue weighted by Gasteiger charge is -2.14. The minimum absolute atomic E-state index is 0.00597. The van der Waals surface area contributed by atoms with Crippen molar-refractivity contribution in [1.82, 2.24) is 5.32 Å². The van der Waals surface area contributed by atoms with E-state index in [-0.39, 0.29) is 30.0 Å². The van der Waals surface area contributed by atoms with Crippen molar-refractivity contribution in [2.45, 2.75) is 13.0 Å². The molecule has 0 radical (unpaired) electrons. The van der Waals surface area contributed by atoms with E-state index in [0.29, 0.717) is 0 Å². The van der Waals surface area contributed by atoms with Crippen molar-refractivity contribution in [1.29, 1.82) is 0 Å². The number of carbonyl (C=O) groups is 1. The zero-order chi connectivity index (χ0) is 15.2. The highest BCUT2D eigenvalue weighted by Gasteiger charge is 2.10. The molecule has 0 aliphatic heterocycles. The SMILES string of the molecule is C[C@@H](NCC(=O)Nc1ccccc1F)c1cccc(F)c1. The third kappa shape index (κ3) is 4.36. The Morgan fingerprint density at radius 3 is 2.62 bits per heavy atom. The number of halogens is 2. The van der Waals surface area contributed by atoms with Gasteiger partial charge in [0.15, 0.2) is 0 Å². The number of anilines is 1. The van der Waals surface area contributed by atoms with Crippen LogP contribution in [0.5, 0.6) is 0 Å². The second-order valence-corrected chi connectivity index (χ2v) is 4.69. The molecule has 0 aliphatic carbocycles. The van der Waals surface area contributed by atoms with Crippen molar-refractivity contribution in [3.05, 3.63) is 65.7 Å². The van der Waals surface area contributed by atoms with Crippen LogP contribution in [0.4, 0.5) is 14.5 Å². The lowest BCUT2D eigenvalue weighted by Crippen LogP contribution is -2.30. The Labute approximate surface area is 122 Å². The van der Waals surface area contributed by atoms with Crippen LogP contribution < -0.4 is 10.6 Å². The van der Waals surface area contributed by atoms with Crippen LogP contribution in [0.1, 0.15) is 18.5 Å². The Kier molecular flexibility index (Phi) is 5.00. The molecule has 0 saturated carbocycles. The lowest BCUT2D eigenvalue weighted by molar-refractivity contribution is -0.115. The van der Waals surface area contributed by atoms with Crippen LogP contribution in [0, 0.1) is 11.6 Å². The first kappa shape index (κ1) is 15.1. The van der Waals surface area contributed by atoms with Gasteiger partial charge in [0.1, 0.15) is 11.6 Å². The standard InChI is InChI=1S/C16H16F2N2O/c1-11(12-5-4-6-13(17)9-12)19-10-16(21)20-15-8-3-2-7-14(15)18/h2-9,11,19H,10H2,1H3,(H,20,21)/t11-/m1/s1. The third-order valence-electron chi connectivity index (χ3n) is 3.07. The van der Waals surface area contributed by atoms with Gasteiger partial charge in [0.25, 0.3) is 0 Å². The van der Waals surface area contributed by atoms with E-state index < -0.39 is 5.82 Å². The fourth-order valence-corrected chi connectivity index (χ4v) is 1.90. The molecule has 0 fully saturated rings. The fraction of sp³-hybridized carbons (Fsp3) is 0.188. The van der Waals surface area contributed by atoms with Gasteiger partial charge in [-0.25, -0.2) is 8.78 Å². The van der Waals surface area contributed by atoms with Crippen molar-refractivity contribution in [2.75, 3.05) is 11.9 Å². The highest BCUT2D eigenvalue weighted by molar-refractivity contribution is 5.92. The van der Waals surface area contributed by atoms with Gasteiger partial charge in [-0.2, -0.15) is 0 Å². The van der Waals surface area contributed by atoms with Gasteiger partial charge in [-0.05, 0) is 36.8 Å². The van der Waals surface area contributed by atoms with Crippen LogP contribution >= 0.6 is 0 Å². The summed E-state index contributed by atoms with van der Waals surface area (Å²) < 4.78 is 26.5. The third-order valence-corrected chi connectivity index (χ3v) is 3.07. The van der Waals surface area contributed by atoms with Crippen molar-refractivity contribution < 1.29 is 13.6 Å².